The van der Waals surface area contributed by atoms with Crippen LogP contribution in [0.3, 0.4) is 0 Å². The molecule has 0 aliphatic carbocycles. The maximum atomic E-state index is 11.2. The summed E-state index contributed by atoms with van der Waals surface area (Å²) in [5.41, 5.74) is 0. The lowest BCUT2D eigenvalue weighted by Gasteiger charge is -2.11. The maximum absolute atomic E-state index is 11.2. The number of amides is 2. The van der Waals surface area contributed by atoms with Gasteiger partial charge in [0.2, 0.25) is 0 Å². The summed E-state index contributed by atoms with van der Waals surface area (Å²) < 4.78 is 5.20. The van der Waals surface area contributed by atoms with E-state index in [0.717, 1.165) is 0 Å². The summed E-state index contributed by atoms with van der Waals surface area (Å²) in [5.74, 6) is -0.469. The minimum Gasteiger partial charge on any atom is -0.480 e. The molecule has 92 valence electrons. The highest BCUT2D eigenvalue weighted by atomic mass is 16.5. The summed E-state index contributed by atoms with van der Waals surface area (Å²) in [5, 5.41) is 13.2. The van der Waals surface area contributed by atoms with Crippen molar-refractivity contribution in [2.45, 2.75) is 13.0 Å². The molecule has 0 saturated heterocycles. The highest BCUT2D eigenvalue weighted by Gasteiger charge is 2.12. The number of benzene rings is 1. The Balaban J connectivity index is 2.23. The molecule has 0 aliphatic rings. The Kier molecular flexibility index (Phi) is 4.80. The predicted octanol–water partition coefficient (Wildman–Crippen LogP) is 0.795. The van der Waals surface area contributed by atoms with Crippen LogP contribution < -0.4 is 15.4 Å². The standard InChI is InChI=1S/C11H14N2O4/c1-8(10(14)15)13-11(16)12-7-17-9-5-3-2-4-6-9/h2-6,8H,7H2,1H3,(H,14,15)(H2,12,13,16). The molecule has 6 heteroatoms. The van der Waals surface area contributed by atoms with Gasteiger partial charge in [-0.1, -0.05) is 18.2 Å². The van der Waals surface area contributed by atoms with Crippen LogP contribution in [-0.4, -0.2) is 29.9 Å². The Bertz CT molecular complexity index is 380. The van der Waals surface area contributed by atoms with E-state index in [-0.39, 0.29) is 6.73 Å². The lowest BCUT2D eigenvalue weighted by atomic mass is 10.3. The Morgan fingerprint density at radius 2 is 2.00 bits per heavy atom. The molecule has 17 heavy (non-hydrogen) atoms. The van der Waals surface area contributed by atoms with E-state index in [1.165, 1.54) is 6.92 Å². The molecule has 1 aromatic carbocycles. The van der Waals surface area contributed by atoms with Crippen LogP contribution in [0.4, 0.5) is 4.79 Å². The van der Waals surface area contributed by atoms with Crippen molar-refractivity contribution in [3.05, 3.63) is 30.3 Å². The topological polar surface area (TPSA) is 87.7 Å². The average molecular weight is 238 g/mol. The first kappa shape index (κ1) is 12.8. The van der Waals surface area contributed by atoms with Crippen LogP contribution in [0.15, 0.2) is 30.3 Å². The molecule has 0 heterocycles. The molecule has 3 N–H and O–H groups in total. The number of hydrogen-bond acceptors (Lipinski definition) is 3. The van der Waals surface area contributed by atoms with E-state index in [9.17, 15) is 9.59 Å². The van der Waals surface area contributed by atoms with Crippen molar-refractivity contribution in [2.24, 2.45) is 0 Å². The second-order valence-electron chi connectivity index (χ2n) is 3.31. The van der Waals surface area contributed by atoms with Crippen molar-refractivity contribution in [3.63, 3.8) is 0 Å². The zero-order valence-electron chi connectivity index (χ0n) is 9.34. The number of carboxylic acid groups (broad SMARTS) is 1. The first-order chi connectivity index (χ1) is 8.09. The molecule has 2 amide bonds. The van der Waals surface area contributed by atoms with Gasteiger partial charge in [0, 0.05) is 0 Å². The number of carboxylic acids is 1. The molecule has 0 fully saturated rings. The van der Waals surface area contributed by atoms with Gasteiger partial charge in [-0.3, -0.25) is 4.79 Å². The van der Waals surface area contributed by atoms with Gasteiger partial charge < -0.3 is 20.5 Å². The summed E-state index contributed by atoms with van der Waals surface area (Å²) in [7, 11) is 0. The fraction of sp³-hybridized carbons (Fsp3) is 0.273. The fourth-order valence-electron chi connectivity index (χ4n) is 1.01. The maximum Gasteiger partial charge on any atom is 0.325 e. The number of rotatable bonds is 5. The van der Waals surface area contributed by atoms with Crippen molar-refractivity contribution >= 4 is 12.0 Å². The van der Waals surface area contributed by atoms with Crippen LogP contribution in [0.1, 0.15) is 6.92 Å². The Hall–Kier alpha value is -2.24. The quantitative estimate of drug-likeness (QED) is 0.662. The molecule has 0 aliphatic heterocycles. The van der Waals surface area contributed by atoms with E-state index in [4.69, 9.17) is 9.84 Å². The van der Waals surface area contributed by atoms with Crippen molar-refractivity contribution in [2.75, 3.05) is 6.73 Å². The molecule has 0 spiro atoms. The molecule has 1 aromatic rings. The van der Waals surface area contributed by atoms with Crippen molar-refractivity contribution in [3.8, 4) is 5.75 Å². The zero-order valence-corrected chi connectivity index (χ0v) is 9.34. The number of hydrogen-bond donors (Lipinski definition) is 3. The molecule has 0 radical (unpaired) electrons. The summed E-state index contributed by atoms with van der Waals surface area (Å²) in [6.45, 7) is 1.35. The third kappa shape index (κ3) is 4.87. The fourth-order valence-corrected chi connectivity index (χ4v) is 1.01. The van der Waals surface area contributed by atoms with Gasteiger partial charge >= 0.3 is 12.0 Å². The third-order valence-corrected chi connectivity index (χ3v) is 1.93. The number of carbonyl (C=O) groups is 2. The van der Waals surface area contributed by atoms with Gasteiger partial charge in [-0.25, -0.2) is 4.79 Å². The summed E-state index contributed by atoms with van der Waals surface area (Å²) in [6, 6.07) is 7.44. The zero-order chi connectivity index (χ0) is 12.7. The molecule has 1 rings (SSSR count). The number of carbonyl (C=O) groups excluding carboxylic acids is 1. The van der Waals surface area contributed by atoms with Gasteiger partial charge in [-0.2, -0.15) is 0 Å². The number of ether oxygens (including phenoxy) is 1. The van der Waals surface area contributed by atoms with E-state index in [0.29, 0.717) is 5.75 Å². The van der Waals surface area contributed by atoms with Crippen molar-refractivity contribution in [1.82, 2.24) is 10.6 Å². The number of nitrogens with one attached hydrogen (secondary N) is 2. The molecular weight excluding hydrogens is 224 g/mol. The SMILES string of the molecule is CC(NC(=O)NCOc1ccccc1)C(=O)O. The Labute approximate surface area is 98.6 Å². The molecule has 1 atom stereocenters. The first-order valence-electron chi connectivity index (χ1n) is 5.04. The molecule has 0 saturated carbocycles. The van der Waals surface area contributed by atoms with Crippen molar-refractivity contribution in [1.29, 1.82) is 0 Å². The summed E-state index contributed by atoms with van der Waals surface area (Å²) in [6.07, 6.45) is 0. The van der Waals surface area contributed by atoms with E-state index >= 15 is 0 Å². The first-order valence-corrected chi connectivity index (χ1v) is 5.04. The minimum atomic E-state index is -1.09. The summed E-state index contributed by atoms with van der Waals surface area (Å²) in [4.78, 5) is 21.6. The number of urea groups is 1. The van der Waals surface area contributed by atoms with Gasteiger partial charge in [0.15, 0.2) is 6.73 Å². The second-order valence-corrected chi connectivity index (χ2v) is 3.31. The van der Waals surface area contributed by atoms with Crippen molar-refractivity contribution < 1.29 is 19.4 Å². The van der Waals surface area contributed by atoms with Gasteiger partial charge in [0.05, 0.1) is 0 Å². The lowest BCUT2D eigenvalue weighted by molar-refractivity contribution is -0.138. The van der Waals surface area contributed by atoms with Gasteiger partial charge in [0.25, 0.3) is 0 Å². The minimum absolute atomic E-state index is 0.0256. The Morgan fingerprint density at radius 3 is 2.59 bits per heavy atom. The average Bonchev–Trinajstić information content (AvgIpc) is 2.30. The third-order valence-electron chi connectivity index (χ3n) is 1.93. The van der Waals surface area contributed by atoms with E-state index in [2.05, 4.69) is 10.6 Å². The molecule has 1 unspecified atom stereocenters. The van der Waals surface area contributed by atoms with Crippen LogP contribution in [0.25, 0.3) is 0 Å². The van der Waals surface area contributed by atoms with E-state index in [1.807, 2.05) is 18.2 Å². The largest absolute Gasteiger partial charge is 0.480 e. The van der Waals surface area contributed by atoms with Crippen LogP contribution >= 0.6 is 0 Å². The molecule has 6 nitrogen and oxygen atoms in total. The number of aliphatic carboxylic acids is 1. The van der Waals surface area contributed by atoms with Gasteiger partial charge in [-0.05, 0) is 19.1 Å². The van der Waals surface area contributed by atoms with Crippen LogP contribution in [0, 0.1) is 0 Å². The highest BCUT2D eigenvalue weighted by Crippen LogP contribution is 2.06. The monoisotopic (exact) mass is 238 g/mol. The highest BCUT2D eigenvalue weighted by molar-refractivity contribution is 5.81. The summed E-state index contributed by atoms with van der Waals surface area (Å²) >= 11 is 0. The lowest BCUT2D eigenvalue weighted by Crippen LogP contribution is -2.45. The number of para-hydroxylation sites is 1. The Morgan fingerprint density at radius 1 is 1.35 bits per heavy atom. The van der Waals surface area contributed by atoms with Gasteiger partial charge in [0.1, 0.15) is 11.8 Å². The molecular formula is C11H14N2O4. The van der Waals surface area contributed by atoms with E-state index < -0.39 is 18.0 Å². The molecule has 0 aromatic heterocycles. The van der Waals surface area contributed by atoms with Crippen LogP contribution in [0.5, 0.6) is 5.75 Å². The van der Waals surface area contributed by atoms with Crippen LogP contribution in [-0.2, 0) is 4.79 Å². The molecule has 0 bridgehead atoms. The smallest absolute Gasteiger partial charge is 0.325 e. The van der Waals surface area contributed by atoms with Crippen LogP contribution in [0.2, 0.25) is 0 Å². The van der Waals surface area contributed by atoms with Gasteiger partial charge in [-0.15, -0.1) is 0 Å². The predicted molar refractivity (Wildman–Crippen MR) is 60.7 cm³/mol. The van der Waals surface area contributed by atoms with E-state index in [1.54, 1.807) is 12.1 Å². The normalized spacial score (nSPS) is 11.4. The second kappa shape index (κ2) is 6.37.